The fourth-order valence-corrected chi connectivity index (χ4v) is 2.89. The predicted octanol–water partition coefficient (Wildman–Crippen LogP) is -1.55. The normalized spacial score (nSPS) is 16.6. The lowest BCUT2D eigenvalue weighted by Gasteiger charge is -2.32. The number of esters is 1. The molecule has 0 fully saturated rings. The first-order chi connectivity index (χ1) is 15.6. The van der Waals surface area contributed by atoms with Gasteiger partial charge < -0.3 is 51.3 Å². The fraction of sp³-hybridized carbons (Fsp3) is 0.286. The maximum atomic E-state index is 12.9. The Morgan fingerprint density at radius 1 is 1.06 bits per heavy atom. The number of ketones is 1. The lowest BCUT2D eigenvalue weighted by atomic mass is 9.92. The Kier molecular flexibility index (Phi) is 8.42. The van der Waals surface area contributed by atoms with Crippen LogP contribution in [0.25, 0.3) is 0 Å². The first-order valence-electron chi connectivity index (χ1n) is 9.76. The summed E-state index contributed by atoms with van der Waals surface area (Å²) in [6.45, 7) is 1.56. The molecule has 1 heterocycles. The smallest absolute Gasteiger partial charge is 0.307 e. The van der Waals surface area contributed by atoms with Gasteiger partial charge >= 0.3 is 5.97 Å². The lowest BCUT2D eigenvalue weighted by Crippen LogP contribution is -2.53. The van der Waals surface area contributed by atoms with E-state index in [2.05, 4.69) is 5.73 Å². The molecule has 0 aliphatic carbocycles. The van der Waals surface area contributed by atoms with Crippen molar-refractivity contribution < 1.29 is 55.1 Å². The highest BCUT2D eigenvalue weighted by Gasteiger charge is 2.43. The summed E-state index contributed by atoms with van der Waals surface area (Å²) in [6, 6.07) is 5.50. The molecule has 33 heavy (non-hydrogen) atoms. The first-order valence-corrected chi connectivity index (χ1v) is 9.76. The zero-order valence-electron chi connectivity index (χ0n) is 17.4. The van der Waals surface area contributed by atoms with E-state index in [-0.39, 0.29) is 22.6 Å². The van der Waals surface area contributed by atoms with Crippen LogP contribution < -0.4 is 21.3 Å². The second-order valence-corrected chi connectivity index (χ2v) is 6.91. The lowest BCUT2D eigenvalue weighted by molar-refractivity contribution is -0.363. The Labute approximate surface area is 187 Å². The Hall–Kier alpha value is -4.03. The highest BCUT2D eigenvalue weighted by Crippen LogP contribution is 2.43. The molecule has 12 heteroatoms. The van der Waals surface area contributed by atoms with Crippen LogP contribution in [0, 0.1) is 0 Å². The number of rotatable bonds is 6. The van der Waals surface area contributed by atoms with E-state index in [1.807, 2.05) is 0 Å². The summed E-state index contributed by atoms with van der Waals surface area (Å²) in [6.07, 6.45) is -4.12. The minimum Gasteiger partial charge on any atom is -0.550 e. The maximum absolute atomic E-state index is 12.9. The molecule has 3 rings (SSSR count). The van der Waals surface area contributed by atoms with Crippen LogP contribution in [0.3, 0.4) is 0 Å². The third kappa shape index (κ3) is 6.24. The summed E-state index contributed by atoms with van der Waals surface area (Å²) < 4.78 is 10.8. The number of quaternary nitrogens is 1. The molecule has 1 aliphatic rings. The van der Waals surface area contributed by atoms with Crippen LogP contribution in [-0.2, 0) is 14.3 Å². The van der Waals surface area contributed by atoms with Gasteiger partial charge in [0.15, 0.2) is 17.6 Å². The average Bonchev–Trinajstić information content (AvgIpc) is 2.75. The number of benzene rings is 2. The van der Waals surface area contributed by atoms with E-state index in [0.29, 0.717) is 6.54 Å². The summed E-state index contributed by atoms with van der Waals surface area (Å²) in [5.41, 5.74) is 8.25. The number of hydrogen-bond acceptors (Lipinski definition) is 11. The van der Waals surface area contributed by atoms with Gasteiger partial charge in [0.25, 0.3) is 0 Å². The Morgan fingerprint density at radius 3 is 2.30 bits per heavy atom. The molecule has 0 amide bonds. The molecule has 0 radical (unpaired) electrons. The van der Waals surface area contributed by atoms with Crippen molar-refractivity contribution in [2.75, 3.05) is 13.1 Å². The van der Waals surface area contributed by atoms with Gasteiger partial charge in [-0.1, -0.05) is 6.07 Å². The second-order valence-electron chi connectivity index (χ2n) is 6.91. The zero-order valence-corrected chi connectivity index (χ0v) is 17.4. The Balaban J connectivity index is 0.000000890. The van der Waals surface area contributed by atoms with Crippen LogP contribution in [0.15, 0.2) is 30.3 Å². The molecule has 178 valence electrons. The molecule has 0 bridgehead atoms. The molecule has 0 saturated heterocycles. The number of aliphatic carboxylic acids is 1. The van der Waals surface area contributed by atoms with E-state index in [1.54, 1.807) is 0 Å². The third-order valence-electron chi connectivity index (χ3n) is 4.42. The van der Waals surface area contributed by atoms with E-state index in [1.165, 1.54) is 6.07 Å². The summed E-state index contributed by atoms with van der Waals surface area (Å²) in [7, 11) is 0. The van der Waals surface area contributed by atoms with Crippen molar-refractivity contribution in [3.8, 4) is 28.7 Å². The SMILES string of the molecule is NCC[NH3+].O=C([O-])CCC(=O)OC1C(=O)c2c(O)cc(O)cc2OC1c1ccc(O)c(O)c1. The largest absolute Gasteiger partial charge is 0.550 e. The first kappa shape index (κ1) is 25.2. The van der Waals surface area contributed by atoms with Crippen molar-refractivity contribution in [1.29, 1.82) is 0 Å². The number of fused-ring (bicyclic) bond motifs is 1. The number of Topliss-reactive ketones (excluding diaryl/α,β-unsaturated/α-hetero) is 1. The van der Waals surface area contributed by atoms with Gasteiger partial charge in [0.1, 0.15) is 22.8 Å². The number of hydrogen-bond donors (Lipinski definition) is 6. The molecule has 0 spiro atoms. The number of phenols is 4. The minimum atomic E-state index is -1.63. The van der Waals surface area contributed by atoms with Gasteiger partial charge in [0.05, 0.1) is 13.0 Å². The number of phenolic OH excluding ortho intramolecular Hbond substituents is 4. The summed E-state index contributed by atoms with van der Waals surface area (Å²) >= 11 is 0. The fourth-order valence-electron chi connectivity index (χ4n) is 2.89. The van der Waals surface area contributed by atoms with E-state index in [4.69, 9.17) is 15.2 Å². The highest BCUT2D eigenvalue weighted by molar-refractivity contribution is 6.06. The monoisotopic (exact) mass is 464 g/mol. The number of aromatic hydroxyl groups is 4. The predicted molar refractivity (Wildman–Crippen MR) is 108 cm³/mol. The van der Waals surface area contributed by atoms with E-state index >= 15 is 0 Å². The van der Waals surface area contributed by atoms with Crippen molar-refractivity contribution in [2.24, 2.45) is 5.73 Å². The van der Waals surface area contributed by atoms with Crippen molar-refractivity contribution in [3.05, 3.63) is 41.5 Å². The molecule has 1 aliphatic heterocycles. The van der Waals surface area contributed by atoms with Gasteiger partial charge in [0, 0.05) is 30.2 Å². The molecule has 2 aromatic rings. The molecule has 12 nitrogen and oxygen atoms in total. The van der Waals surface area contributed by atoms with Crippen LogP contribution in [0.2, 0.25) is 0 Å². The van der Waals surface area contributed by atoms with Crippen molar-refractivity contribution >= 4 is 17.7 Å². The second kappa shape index (κ2) is 11.0. The van der Waals surface area contributed by atoms with Crippen LogP contribution in [-0.4, -0.2) is 57.3 Å². The molecule has 0 saturated carbocycles. The van der Waals surface area contributed by atoms with Crippen LogP contribution in [0.4, 0.5) is 0 Å². The molecule has 2 atom stereocenters. The van der Waals surface area contributed by atoms with E-state index < -0.39 is 60.0 Å². The number of carboxylic acid groups (broad SMARTS) is 1. The van der Waals surface area contributed by atoms with Crippen molar-refractivity contribution in [2.45, 2.75) is 25.0 Å². The average molecular weight is 464 g/mol. The molecule has 9 N–H and O–H groups in total. The van der Waals surface area contributed by atoms with Gasteiger partial charge in [0.2, 0.25) is 11.9 Å². The number of ether oxygens (including phenoxy) is 2. The highest BCUT2D eigenvalue weighted by atomic mass is 16.6. The van der Waals surface area contributed by atoms with Gasteiger partial charge in [-0.3, -0.25) is 9.59 Å². The third-order valence-corrected chi connectivity index (χ3v) is 4.42. The van der Waals surface area contributed by atoms with Crippen LogP contribution in [0.1, 0.15) is 34.9 Å². The summed E-state index contributed by atoms with van der Waals surface area (Å²) in [5.74, 6) is -5.49. The molecule has 0 aromatic heterocycles. The van der Waals surface area contributed by atoms with Gasteiger partial charge in [-0.2, -0.15) is 0 Å². The van der Waals surface area contributed by atoms with Crippen LogP contribution in [0.5, 0.6) is 28.7 Å². The van der Waals surface area contributed by atoms with Crippen molar-refractivity contribution in [3.63, 3.8) is 0 Å². The Bertz CT molecular complexity index is 1040. The topological polar surface area (TPSA) is 227 Å². The van der Waals surface area contributed by atoms with Gasteiger partial charge in [-0.05, 0) is 18.6 Å². The van der Waals surface area contributed by atoms with Crippen LogP contribution >= 0.6 is 0 Å². The number of carbonyl (C=O) groups excluding carboxylic acids is 3. The Morgan fingerprint density at radius 2 is 1.73 bits per heavy atom. The van der Waals surface area contributed by atoms with Gasteiger partial charge in [-0.15, -0.1) is 0 Å². The molecular formula is C21H24N2O10. The molecule has 2 unspecified atom stereocenters. The van der Waals surface area contributed by atoms with Crippen molar-refractivity contribution in [1.82, 2.24) is 0 Å². The van der Waals surface area contributed by atoms with Gasteiger partial charge in [-0.25, -0.2) is 0 Å². The maximum Gasteiger partial charge on any atom is 0.307 e. The van der Waals surface area contributed by atoms with E-state index in [0.717, 1.165) is 30.8 Å². The standard InChI is InChI=1S/C19H16O10.C2H8N2/c20-9-6-12(23)16-13(7-9)28-18(8-1-2-10(21)11(22)5-8)19(17(16)27)29-15(26)4-3-14(24)25;3-1-2-4/h1-2,5-7,18-23H,3-4H2,(H,24,25);1-4H2. The van der Waals surface area contributed by atoms with E-state index in [9.17, 15) is 39.9 Å². The quantitative estimate of drug-likeness (QED) is 0.212. The molecule has 2 aromatic carbocycles. The number of carbonyl (C=O) groups is 3. The summed E-state index contributed by atoms with van der Waals surface area (Å²) in [5, 5.41) is 49.4. The molecular weight excluding hydrogens is 440 g/mol. The zero-order chi connectivity index (χ0) is 24.7. The minimum absolute atomic E-state index is 0.139. The number of nitrogens with two attached hydrogens (primary N) is 1. The number of carboxylic acids is 1. The summed E-state index contributed by atoms with van der Waals surface area (Å²) in [4.78, 5) is 35.5.